The van der Waals surface area contributed by atoms with Crippen molar-refractivity contribution in [3.8, 4) is 11.1 Å². The topological polar surface area (TPSA) is 63.3 Å². The molecule has 0 aliphatic carbocycles. The molecule has 0 heterocycles. The van der Waals surface area contributed by atoms with E-state index in [0.717, 1.165) is 16.7 Å². The molecule has 19 heavy (non-hydrogen) atoms. The number of carbonyl (C=O) groups is 1. The molecule has 3 N–H and O–H groups in total. The second-order valence-electron chi connectivity index (χ2n) is 4.72. The lowest BCUT2D eigenvalue weighted by Crippen LogP contribution is -2.32. The summed E-state index contributed by atoms with van der Waals surface area (Å²) in [5, 5.41) is 8.84. The van der Waals surface area contributed by atoms with E-state index in [-0.39, 0.29) is 0 Å². The minimum absolute atomic E-state index is 0.342. The summed E-state index contributed by atoms with van der Waals surface area (Å²) >= 11 is 0. The van der Waals surface area contributed by atoms with Crippen LogP contribution in [0.1, 0.15) is 11.1 Å². The van der Waals surface area contributed by atoms with Crippen LogP contribution in [0.3, 0.4) is 0 Å². The normalized spacial score (nSPS) is 12.1. The summed E-state index contributed by atoms with van der Waals surface area (Å²) in [6.07, 6.45) is 0.342. The average molecular weight is 255 g/mol. The molecular formula is C16H17NO2. The van der Waals surface area contributed by atoms with Gasteiger partial charge in [-0.3, -0.25) is 4.79 Å². The van der Waals surface area contributed by atoms with Gasteiger partial charge in [-0.1, -0.05) is 54.1 Å². The molecule has 0 aliphatic rings. The number of hydrogen-bond donors (Lipinski definition) is 2. The Morgan fingerprint density at radius 3 is 2.47 bits per heavy atom. The van der Waals surface area contributed by atoms with E-state index < -0.39 is 12.0 Å². The van der Waals surface area contributed by atoms with Crippen LogP contribution in [0, 0.1) is 6.92 Å². The standard InChI is InChI=1S/C16H17NO2/c1-11-5-7-13(8-6-11)14-4-2-3-12(9-14)10-15(17)16(18)19/h2-9,15H,10,17H2,1H3,(H,18,19). The molecule has 0 radical (unpaired) electrons. The summed E-state index contributed by atoms with van der Waals surface area (Å²) < 4.78 is 0. The Balaban J connectivity index is 2.24. The number of aliphatic carboxylic acids is 1. The van der Waals surface area contributed by atoms with E-state index in [1.165, 1.54) is 5.56 Å². The van der Waals surface area contributed by atoms with Crippen LogP contribution >= 0.6 is 0 Å². The molecule has 0 bridgehead atoms. The lowest BCUT2D eigenvalue weighted by Gasteiger charge is -2.09. The maximum atomic E-state index is 10.8. The zero-order chi connectivity index (χ0) is 13.8. The minimum Gasteiger partial charge on any atom is -0.480 e. The molecule has 0 aromatic heterocycles. The smallest absolute Gasteiger partial charge is 0.320 e. The molecule has 2 rings (SSSR count). The number of carboxylic acid groups (broad SMARTS) is 1. The van der Waals surface area contributed by atoms with Crippen molar-refractivity contribution in [3.05, 3.63) is 59.7 Å². The van der Waals surface area contributed by atoms with E-state index in [9.17, 15) is 4.79 Å². The van der Waals surface area contributed by atoms with Crippen molar-refractivity contribution < 1.29 is 9.90 Å². The molecule has 3 nitrogen and oxygen atoms in total. The van der Waals surface area contributed by atoms with Gasteiger partial charge in [0.05, 0.1) is 0 Å². The van der Waals surface area contributed by atoms with Crippen molar-refractivity contribution in [1.29, 1.82) is 0 Å². The first-order valence-corrected chi connectivity index (χ1v) is 6.20. The Bertz CT molecular complexity index is 576. The molecule has 0 saturated carbocycles. The van der Waals surface area contributed by atoms with Crippen molar-refractivity contribution in [3.63, 3.8) is 0 Å². The zero-order valence-electron chi connectivity index (χ0n) is 10.8. The van der Waals surface area contributed by atoms with Crippen molar-refractivity contribution >= 4 is 5.97 Å². The zero-order valence-corrected chi connectivity index (χ0v) is 10.8. The monoisotopic (exact) mass is 255 g/mol. The van der Waals surface area contributed by atoms with Crippen LogP contribution in [0.5, 0.6) is 0 Å². The summed E-state index contributed by atoms with van der Waals surface area (Å²) in [5.41, 5.74) is 9.91. The number of benzene rings is 2. The molecule has 1 atom stereocenters. The summed E-state index contributed by atoms with van der Waals surface area (Å²) in [5.74, 6) is -0.972. The fraction of sp³-hybridized carbons (Fsp3) is 0.188. The van der Waals surface area contributed by atoms with Gasteiger partial charge in [-0.2, -0.15) is 0 Å². The SMILES string of the molecule is Cc1ccc(-c2cccc(CC(N)C(=O)O)c2)cc1. The number of nitrogens with two attached hydrogens (primary N) is 1. The third-order valence-electron chi connectivity index (χ3n) is 3.08. The van der Waals surface area contributed by atoms with Gasteiger partial charge >= 0.3 is 5.97 Å². The molecule has 3 heteroatoms. The van der Waals surface area contributed by atoms with Crippen LogP contribution in [-0.2, 0) is 11.2 Å². The highest BCUT2D eigenvalue weighted by Gasteiger charge is 2.12. The highest BCUT2D eigenvalue weighted by atomic mass is 16.4. The first-order valence-electron chi connectivity index (χ1n) is 6.20. The van der Waals surface area contributed by atoms with E-state index in [1.54, 1.807) is 0 Å². The molecule has 0 fully saturated rings. The Morgan fingerprint density at radius 2 is 1.84 bits per heavy atom. The third kappa shape index (κ3) is 3.42. The highest BCUT2D eigenvalue weighted by Crippen LogP contribution is 2.21. The van der Waals surface area contributed by atoms with Gasteiger partial charge in [0.1, 0.15) is 6.04 Å². The summed E-state index contributed by atoms with van der Waals surface area (Å²) in [4.78, 5) is 10.8. The molecule has 0 spiro atoms. The number of rotatable bonds is 4. The molecular weight excluding hydrogens is 238 g/mol. The van der Waals surface area contributed by atoms with Crippen molar-refractivity contribution in [1.82, 2.24) is 0 Å². The molecule has 98 valence electrons. The van der Waals surface area contributed by atoms with Gasteiger partial charge in [-0.15, -0.1) is 0 Å². The Labute approximate surface area is 112 Å². The predicted octanol–water partition coefficient (Wildman–Crippen LogP) is 2.62. The van der Waals surface area contributed by atoms with Gasteiger partial charge in [0.15, 0.2) is 0 Å². The number of carboxylic acids is 1. The lowest BCUT2D eigenvalue weighted by molar-refractivity contribution is -0.138. The van der Waals surface area contributed by atoms with E-state index in [2.05, 4.69) is 24.3 Å². The molecule has 2 aromatic carbocycles. The quantitative estimate of drug-likeness (QED) is 0.882. The van der Waals surface area contributed by atoms with Crippen LogP contribution in [0.15, 0.2) is 48.5 Å². The Morgan fingerprint density at radius 1 is 1.16 bits per heavy atom. The van der Waals surface area contributed by atoms with Crippen LogP contribution in [-0.4, -0.2) is 17.1 Å². The van der Waals surface area contributed by atoms with E-state index in [0.29, 0.717) is 6.42 Å². The van der Waals surface area contributed by atoms with Gasteiger partial charge in [0, 0.05) is 0 Å². The first-order chi connectivity index (χ1) is 9.06. The molecule has 0 saturated heterocycles. The molecule has 1 unspecified atom stereocenters. The summed E-state index contributed by atoms with van der Waals surface area (Å²) in [7, 11) is 0. The highest BCUT2D eigenvalue weighted by molar-refractivity contribution is 5.73. The van der Waals surface area contributed by atoms with Crippen LogP contribution in [0.25, 0.3) is 11.1 Å². The second-order valence-corrected chi connectivity index (χ2v) is 4.72. The van der Waals surface area contributed by atoms with Crippen molar-refractivity contribution in [2.24, 2.45) is 5.73 Å². The Hall–Kier alpha value is -2.13. The van der Waals surface area contributed by atoms with E-state index in [4.69, 9.17) is 10.8 Å². The average Bonchev–Trinajstić information content (AvgIpc) is 2.39. The van der Waals surface area contributed by atoms with Crippen LogP contribution in [0.4, 0.5) is 0 Å². The lowest BCUT2D eigenvalue weighted by atomic mass is 9.99. The van der Waals surface area contributed by atoms with Gasteiger partial charge in [-0.25, -0.2) is 0 Å². The van der Waals surface area contributed by atoms with Gasteiger partial charge in [0.2, 0.25) is 0 Å². The van der Waals surface area contributed by atoms with Crippen LogP contribution in [0.2, 0.25) is 0 Å². The molecule has 0 aliphatic heterocycles. The summed E-state index contributed by atoms with van der Waals surface area (Å²) in [6.45, 7) is 2.05. The number of hydrogen-bond acceptors (Lipinski definition) is 2. The maximum absolute atomic E-state index is 10.8. The second kappa shape index (κ2) is 5.67. The van der Waals surface area contributed by atoms with E-state index >= 15 is 0 Å². The van der Waals surface area contributed by atoms with Crippen molar-refractivity contribution in [2.45, 2.75) is 19.4 Å². The largest absolute Gasteiger partial charge is 0.480 e. The summed E-state index contributed by atoms with van der Waals surface area (Å²) in [6, 6.07) is 15.2. The van der Waals surface area contributed by atoms with Crippen LogP contribution < -0.4 is 5.73 Å². The third-order valence-corrected chi connectivity index (χ3v) is 3.08. The number of aryl methyl sites for hydroxylation is 1. The minimum atomic E-state index is -0.972. The first kappa shape index (κ1) is 13.3. The predicted molar refractivity (Wildman–Crippen MR) is 75.9 cm³/mol. The van der Waals surface area contributed by atoms with Gasteiger partial charge < -0.3 is 10.8 Å². The van der Waals surface area contributed by atoms with Gasteiger partial charge in [-0.05, 0) is 30.0 Å². The fourth-order valence-corrected chi connectivity index (χ4v) is 1.97. The Kier molecular flexibility index (Phi) is 3.97. The fourth-order valence-electron chi connectivity index (χ4n) is 1.97. The maximum Gasteiger partial charge on any atom is 0.320 e. The molecule has 2 aromatic rings. The van der Waals surface area contributed by atoms with E-state index in [1.807, 2.05) is 31.2 Å². The molecule has 0 amide bonds. The van der Waals surface area contributed by atoms with Crippen molar-refractivity contribution in [2.75, 3.05) is 0 Å². The van der Waals surface area contributed by atoms with Gasteiger partial charge in [0.25, 0.3) is 0 Å².